The van der Waals surface area contributed by atoms with E-state index in [1.807, 2.05) is 44.2 Å². The maximum absolute atomic E-state index is 12.5. The van der Waals surface area contributed by atoms with Crippen molar-refractivity contribution in [2.24, 2.45) is 0 Å². The molecular formula is C21H21N2O4P. The van der Waals surface area contributed by atoms with Gasteiger partial charge >= 0.3 is 5.97 Å². The molecule has 28 heavy (non-hydrogen) atoms. The second-order valence-corrected chi connectivity index (χ2v) is 7.93. The molecule has 0 saturated carbocycles. The Morgan fingerprint density at radius 3 is 2.39 bits per heavy atom. The van der Waals surface area contributed by atoms with Crippen LogP contribution in [0.5, 0.6) is 0 Å². The smallest absolute Gasteiger partial charge is 0.355 e. The molecule has 7 heteroatoms. The van der Waals surface area contributed by atoms with Crippen LogP contribution in [0.15, 0.2) is 54.6 Å². The average Bonchev–Trinajstić information content (AvgIpc) is 3.28. The second kappa shape index (κ2) is 6.89. The zero-order valence-corrected chi connectivity index (χ0v) is 16.7. The minimum Gasteiger partial charge on any atom is -0.461 e. The summed E-state index contributed by atoms with van der Waals surface area (Å²) in [4.78, 5) is 12.5. The normalized spacial score (nSPS) is 23.7. The van der Waals surface area contributed by atoms with Crippen LogP contribution in [0, 0.1) is 0 Å². The monoisotopic (exact) mass is 396 g/mol. The minimum atomic E-state index is -0.365. The lowest BCUT2D eigenvalue weighted by atomic mass is 9.93. The SMILES string of the molecule is CCOC(=O)c1ccc2n1Pn1c(C3OC(C)O3)ccc1C2c1ccccc1. The summed E-state index contributed by atoms with van der Waals surface area (Å²) < 4.78 is 21.0. The van der Waals surface area contributed by atoms with Crippen molar-refractivity contribution in [3.8, 4) is 0 Å². The molecule has 0 N–H and O–H groups in total. The summed E-state index contributed by atoms with van der Waals surface area (Å²) in [6, 6.07) is 18.4. The molecule has 2 atom stereocenters. The number of hydrogen-bond donors (Lipinski definition) is 0. The highest BCUT2D eigenvalue weighted by molar-refractivity contribution is 7.34. The lowest BCUT2D eigenvalue weighted by Crippen LogP contribution is -2.33. The van der Waals surface area contributed by atoms with Crippen molar-refractivity contribution in [2.75, 3.05) is 6.61 Å². The molecule has 1 fully saturated rings. The number of carbonyl (C=O) groups is 1. The van der Waals surface area contributed by atoms with E-state index in [1.54, 1.807) is 0 Å². The molecule has 1 aromatic carbocycles. The van der Waals surface area contributed by atoms with Crippen LogP contribution >= 0.6 is 8.88 Å². The summed E-state index contributed by atoms with van der Waals surface area (Å²) in [6.45, 7) is 4.06. The number of benzene rings is 1. The molecule has 2 aromatic heterocycles. The molecule has 0 spiro atoms. The van der Waals surface area contributed by atoms with Crippen molar-refractivity contribution in [3.05, 3.63) is 82.9 Å². The minimum absolute atomic E-state index is 0.0249. The van der Waals surface area contributed by atoms with Gasteiger partial charge < -0.3 is 22.9 Å². The van der Waals surface area contributed by atoms with Crippen LogP contribution in [0.4, 0.5) is 0 Å². The molecule has 1 saturated heterocycles. The number of hydrogen-bond acceptors (Lipinski definition) is 4. The zero-order valence-electron chi connectivity index (χ0n) is 15.7. The molecule has 4 heterocycles. The maximum atomic E-state index is 12.5. The van der Waals surface area contributed by atoms with Crippen molar-refractivity contribution >= 4 is 14.9 Å². The van der Waals surface area contributed by atoms with Crippen molar-refractivity contribution in [3.63, 3.8) is 0 Å². The predicted molar refractivity (Wildman–Crippen MR) is 106 cm³/mol. The molecule has 0 amide bonds. The van der Waals surface area contributed by atoms with Crippen LogP contribution in [-0.2, 0) is 14.2 Å². The van der Waals surface area contributed by atoms with Crippen LogP contribution in [0.2, 0.25) is 0 Å². The molecule has 0 radical (unpaired) electrons. The quantitative estimate of drug-likeness (QED) is 0.382. The summed E-state index contributed by atoms with van der Waals surface area (Å²) in [6.07, 6.45) is -0.555. The van der Waals surface area contributed by atoms with Gasteiger partial charge in [-0.1, -0.05) is 30.3 Å². The Kier molecular flexibility index (Phi) is 4.35. The summed E-state index contributed by atoms with van der Waals surface area (Å²) in [5.41, 5.74) is 4.99. The largest absolute Gasteiger partial charge is 0.461 e. The molecule has 2 aliphatic heterocycles. The van der Waals surface area contributed by atoms with Crippen LogP contribution in [0.1, 0.15) is 59.2 Å². The number of nitrogens with zero attached hydrogens (tertiary/aromatic N) is 2. The third-order valence-corrected chi connectivity index (χ3v) is 6.55. The van der Waals surface area contributed by atoms with Gasteiger partial charge in [-0.05, 0) is 43.7 Å². The fourth-order valence-corrected chi connectivity index (χ4v) is 5.29. The van der Waals surface area contributed by atoms with Crippen LogP contribution < -0.4 is 0 Å². The van der Waals surface area contributed by atoms with Gasteiger partial charge in [0.15, 0.2) is 6.29 Å². The van der Waals surface area contributed by atoms with Gasteiger partial charge in [0.1, 0.15) is 5.69 Å². The van der Waals surface area contributed by atoms with Crippen molar-refractivity contribution in [1.82, 2.24) is 8.68 Å². The first-order chi connectivity index (χ1) is 13.7. The van der Waals surface area contributed by atoms with E-state index < -0.39 is 0 Å². The molecule has 144 valence electrons. The third-order valence-electron chi connectivity index (χ3n) is 5.13. The van der Waals surface area contributed by atoms with E-state index in [1.165, 1.54) is 11.3 Å². The summed E-state index contributed by atoms with van der Waals surface area (Å²) in [5.74, 6) is -0.271. The highest BCUT2D eigenvalue weighted by atomic mass is 31.1. The first-order valence-electron chi connectivity index (χ1n) is 9.40. The second-order valence-electron chi connectivity index (χ2n) is 6.83. The Labute approximate surface area is 164 Å². The Bertz CT molecular complexity index is 1020. The van der Waals surface area contributed by atoms with E-state index in [9.17, 15) is 4.79 Å². The maximum Gasteiger partial charge on any atom is 0.355 e. The van der Waals surface area contributed by atoms with Crippen molar-refractivity contribution in [1.29, 1.82) is 0 Å². The molecule has 0 aliphatic carbocycles. The Morgan fingerprint density at radius 2 is 1.68 bits per heavy atom. The van der Waals surface area contributed by atoms with Crippen molar-refractivity contribution in [2.45, 2.75) is 32.3 Å². The van der Waals surface area contributed by atoms with Crippen LogP contribution in [-0.4, -0.2) is 27.5 Å². The summed E-state index contributed by atoms with van der Waals surface area (Å²) in [5, 5.41) is 0. The highest BCUT2D eigenvalue weighted by Gasteiger charge is 2.37. The van der Waals surface area contributed by atoms with Gasteiger partial charge in [-0.3, -0.25) is 0 Å². The Morgan fingerprint density at radius 1 is 1.00 bits per heavy atom. The number of ether oxygens (including phenoxy) is 3. The van der Waals surface area contributed by atoms with E-state index in [-0.39, 0.29) is 33.3 Å². The fourth-order valence-electron chi connectivity index (χ4n) is 3.88. The molecular weight excluding hydrogens is 375 g/mol. The van der Waals surface area contributed by atoms with Crippen LogP contribution in [0.25, 0.3) is 0 Å². The van der Waals surface area contributed by atoms with Gasteiger partial charge in [-0.25, -0.2) is 4.79 Å². The van der Waals surface area contributed by atoms with Gasteiger partial charge in [0.25, 0.3) is 0 Å². The molecule has 3 aromatic rings. The van der Waals surface area contributed by atoms with Crippen molar-refractivity contribution < 1.29 is 19.0 Å². The first-order valence-corrected chi connectivity index (χ1v) is 10.3. The Balaban J connectivity index is 1.64. The van der Waals surface area contributed by atoms with Gasteiger partial charge in [0.05, 0.1) is 27.1 Å². The molecule has 2 unspecified atom stereocenters. The van der Waals surface area contributed by atoms with E-state index in [4.69, 9.17) is 14.2 Å². The number of carbonyl (C=O) groups excluding carboxylic acids is 1. The highest BCUT2D eigenvalue weighted by Crippen LogP contribution is 2.47. The molecule has 5 rings (SSSR count). The molecule has 2 aliphatic rings. The number of esters is 1. The van der Waals surface area contributed by atoms with E-state index in [0.717, 1.165) is 11.4 Å². The first kappa shape index (κ1) is 17.7. The third kappa shape index (κ3) is 2.72. The predicted octanol–water partition coefficient (Wildman–Crippen LogP) is 4.26. The summed E-state index contributed by atoms with van der Waals surface area (Å²) >= 11 is 0. The van der Waals surface area contributed by atoms with Gasteiger partial charge in [-0.2, -0.15) is 0 Å². The molecule has 0 bridgehead atoms. The fraction of sp³-hybridized carbons (Fsp3) is 0.286. The zero-order chi connectivity index (χ0) is 19.3. The topological polar surface area (TPSA) is 54.6 Å². The Hall–Kier alpha value is -2.40. The van der Waals surface area contributed by atoms with Gasteiger partial charge in [0, 0.05) is 11.4 Å². The van der Waals surface area contributed by atoms with Gasteiger partial charge in [-0.15, -0.1) is 0 Å². The number of rotatable bonds is 4. The standard InChI is InChI=1S/C21H21N2O4P/c1-3-25-20(24)17-11-9-15-19(14-7-5-4-6-8-14)16-10-12-18(21-26-13(2)27-21)23(16)28-22(15)17/h4-13,19,21,28H,3H2,1-2H3. The van der Waals surface area contributed by atoms with E-state index in [0.29, 0.717) is 12.3 Å². The average molecular weight is 396 g/mol. The van der Waals surface area contributed by atoms with E-state index >= 15 is 0 Å². The molecule has 6 nitrogen and oxygen atoms in total. The van der Waals surface area contributed by atoms with E-state index in [2.05, 4.69) is 32.9 Å². The number of fused-ring (bicyclic) bond motifs is 2. The lowest BCUT2D eigenvalue weighted by Gasteiger charge is -2.36. The lowest BCUT2D eigenvalue weighted by molar-refractivity contribution is -0.384. The van der Waals surface area contributed by atoms with Gasteiger partial charge in [0.2, 0.25) is 6.29 Å². The summed E-state index contributed by atoms with van der Waals surface area (Å²) in [7, 11) is 0.213. The number of aromatic nitrogens is 2. The van der Waals surface area contributed by atoms with Crippen LogP contribution in [0.3, 0.4) is 0 Å².